The zero-order valence-electron chi connectivity index (χ0n) is 26.1. The topological polar surface area (TPSA) is 155 Å². The predicted molar refractivity (Wildman–Crippen MR) is 158 cm³/mol. The maximum absolute atomic E-state index is 14.3. The second-order valence-electron chi connectivity index (χ2n) is 13.7. The number of hydrogen-bond acceptors (Lipinski definition) is 7. The van der Waals surface area contributed by atoms with Crippen molar-refractivity contribution in [3.05, 3.63) is 35.1 Å². The first kappa shape index (κ1) is 32.5. The minimum atomic E-state index is -1.40. The van der Waals surface area contributed by atoms with Gasteiger partial charge in [0.2, 0.25) is 11.8 Å². The quantitative estimate of drug-likeness (QED) is 0.455. The number of halogens is 1. The lowest BCUT2D eigenvalue weighted by molar-refractivity contribution is -0.146. The Kier molecular flexibility index (Phi) is 9.27. The summed E-state index contributed by atoms with van der Waals surface area (Å²) >= 11 is 0. The van der Waals surface area contributed by atoms with Crippen molar-refractivity contribution in [2.75, 3.05) is 6.54 Å². The first-order valence-electron chi connectivity index (χ1n) is 15.8. The molecule has 2 saturated heterocycles. The van der Waals surface area contributed by atoms with Crippen LogP contribution in [0.2, 0.25) is 0 Å². The molecule has 0 aromatic heterocycles. The Bertz CT molecular complexity index is 1350. The molecular weight excluding hydrogens is 587 g/mol. The van der Waals surface area contributed by atoms with E-state index in [1.165, 1.54) is 15.9 Å². The van der Waals surface area contributed by atoms with Gasteiger partial charge in [0, 0.05) is 18.5 Å². The molecule has 5 atom stereocenters. The minimum Gasteiger partial charge on any atom is -0.479 e. The van der Waals surface area contributed by atoms with Crippen molar-refractivity contribution in [3.63, 3.8) is 0 Å². The van der Waals surface area contributed by atoms with Crippen molar-refractivity contribution in [1.29, 1.82) is 0 Å². The second kappa shape index (κ2) is 12.8. The number of fused-ring (bicyclic) bond motifs is 3. The fourth-order valence-electron chi connectivity index (χ4n) is 6.73. The highest BCUT2D eigenvalue weighted by atomic mass is 19.1. The molecule has 246 valence electrons. The number of carboxylic acid groups (broad SMARTS) is 1. The Hall–Kier alpha value is -3.90. The number of benzene rings is 1. The van der Waals surface area contributed by atoms with E-state index in [2.05, 4.69) is 10.6 Å². The summed E-state index contributed by atoms with van der Waals surface area (Å²) in [5.74, 6) is -2.92. The molecule has 4 aliphatic rings. The van der Waals surface area contributed by atoms with Crippen molar-refractivity contribution in [3.8, 4) is 0 Å². The number of ether oxygens (including phenoxy) is 2. The summed E-state index contributed by atoms with van der Waals surface area (Å²) in [6, 6.07) is 2.51. The molecule has 12 nitrogen and oxygen atoms in total. The van der Waals surface area contributed by atoms with Crippen molar-refractivity contribution >= 4 is 30.0 Å². The molecule has 1 aromatic carbocycles. The van der Waals surface area contributed by atoms with E-state index in [4.69, 9.17) is 9.47 Å². The van der Waals surface area contributed by atoms with Crippen molar-refractivity contribution in [1.82, 2.24) is 20.4 Å². The van der Waals surface area contributed by atoms with Crippen LogP contribution in [-0.4, -0.2) is 80.7 Å². The molecule has 4 amide bonds. The van der Waals surface area contributed by atoms with E-state index >= 15 is 0 Å². The van der Waals surface area contributed by atoms with Crippen LogP contribution in [0.1, 0.15) is 89.7 Å². The molecule has 45 heavy (non-hydrogen) atoms. The maximum Gasteiger partial charge on any atom is 0.410 e. The number of rotatable bonds is 3. The number of hydrogen-bond donors (Lipinski definition) is 3. The van der Waals surface area contributed by atoms with Crippen LogP contribution in [0.25, 0.3) is 0 Å². The van der Waals surface area contributed by atoms with Gasteiger partial charge in [-0.3, -0.25) is 14.5 Å². The van der Waals surface area contributed by atoms with E-state index in [0.29, 0.717) is 36.8 Å². The van der Waals surface area contributed by atoms with Crippen LogP contribution in [0.15, 0.2) is 18.2 Å². The van der Waals surface area contributed by atoms with Gasteiger partial charge < -0.3 is 30.1 Å². The fraction of sp³-hybridized carbons (Fsp3) is 0.656. The first-order chi connectivity index (χ1) is 21.3. The predicted octanol–water partition coefficient (Wildman–Crippen LogP) is 3.84. The zero-order valence-corrected chi connectivity index (χ0v) is 26.1. The summed E-state index contributed by atoms with van der Waals surface area (Å²) in [6.45, 7) is 5.19. The van der Waals surface area contributed by atoms with Gasteiger partial charge in [0.25, 0.3) is 0 Å². The van der Waals surface area contributed by atoms with Gasteiger partial charge in [-0.15, -0.1) is 0 Å². The van der Waals surface area contributed by atoms with Gasteiger partial charge >= 0.3 is 18.2 Å². The average Bonchev–Trinajstić information content (AvgIpc) is 3.27. The first-order valence-corrected chi connectivity index (χ1v) is 15.8. The summed E-state index contributed by atoms with van der Waals surface area (Å²) in [5.41, 5.74) is -1.11. The van der Waals surface area contributed by atoms with E-state index in [9.17, 15) is 33.5 Å². The van der Waals surface area contributed by atoms with Crippen LogP contribution in [0.3, 0.4) is 0 Å². The highest BCUT2D eigenvalue weighted by molar-refractivity contribution is 5.96. The molecule has 1 aliphatic carbocycles. The highest BCUT2D eigenvalue weighted by Gasteiger charge is 2.62. The van der Waals surface area contributed by atoms with Gasteiger partial charge in [-0.1, -0.05) is 44.2 Å². The summed E-state index contributed by atoms with van der Waals surface area (Å²) < 4.78 is 25.5. The lowest BCUT2D eigenvalue weighted by Gasteiger charge is -2.30. The molecule has 5 rings (SSSR count). The highest BCUT2D eigenvalue weighted by Crippen LogP contribution is 2.47. The van der Waals surface area contributed by atoms with Gasteiger partial charge in [0.15, 0.2) is 0 Å². The Labute approximate surface area is 262 Å². The lowest BCUT2D eigenvalue weighted by atomic mass is 10.0. The average molecular weight is 631 g/mol. The number of amides is 4. The lowest BCUT2D eigenvalue weighted by Crippen LogP contribution is -2.56. The van der Waals surface area contributed by atoms with Crippen LogP contribution in [-0.2, 0) is 36.9 Å². The van der Waals surface area contributed by atoms with Gasteiger partial charge in [0.05, 0.1) is 13.1 Å². The molecule has 13 heteroatoms. The van der Waals surface area contributed by atoms with E-state index in [1.807, 2.05) is 0 Å². The number of carboxylic acids is 1. The van der Waals surface area contributed by atoms with Gasteiger partial charge in [0.1, 0.15) is 35.1 Å². The monoisotopic (exact) mass is 630 g/mol. The summed E-state index contributed by atoms with van der Waals surface area (Å²) in [4.78, 5) is 68.7. The zero-order chi connectivity index (χ0) is 32.5. The van der Waals surface area contributed by atoms with Gasteiger partial charge in [-0.25, -0.2) is 18.8 Å². The third kappa shape index (κ3) is 7.33. The van der Waals surface area contributed by atoms with E-state index in [1.54, 1.807) is 32.9 Å². The fourth-order valence-corrected chi connectivity index (χ4v) is 6.73. The van der Waals surface area contributed by atoms with E-state index in [0.717, 1.165) is 25.7 Å². The van der Waals surface area contributed by atoms with Crippen LogP contribution in [0.4, 0.5) is 14.0 Å². The van der Waals surface area contributed by atoms with E-state index in [-0.39, 0.29) is 32.0 Å². The molecule has 0 radical (unpaired) electrons. The third-order valence-electron chi connectivity index (χ3n) is 9.17. The van der Waals surface area contributed by atoms with Crippen LogP contribution in [0, 0.1) is 11.7 Å². The minimum absolute atomic E-state index is 0.0323. The standard InChI is InChI=1S/C32H43FN4O8/c1-31(2,3)45-29(42)34-24-13-8-6-4-5-7-11-20-15-32(20,28(40)41)35-26(38)25-14-21(17-37(25)27(24)39)44-30(43)36-16-19-10-9-12-23(33)22(19)18-36/h9-10,12,20-21,24-25H,4-8,11,13-18H2,1-3H3,(H,34,42)(H,35,38)(H,40,41)/t20-,21-,24+,25+,32-/m1/s1. The number of aliphatic carboxylic acids is 1. The molecule has 1 saturated carbocycles. The molecule has 3 fully saturated rings. The second-order valence-corrected chi connectivity index (χ2v) is 13.7. The number of carbonyl (C=O) groups is 5. The maximum atomic E-state index is 14.3. The van der Waals surface area contributed by atoms with Gasteiger partial charge in [-0.2, -0.15) is 0 Å². The molecule has 1 aromatic rings. The Morgan fingerprint density at radius 2 is 1.78 bits per heavy atom. The smallest absolute Gasteiger partial charge is 0.410 e. The number of nitrogens with zero attached hydrogens (tertiary/aromatic N) is 2. The van der Waals surface area contributed by atoms with Crippen molar-refractivity contribution in [2.24, 2.45) is 5.92 Å². The van der Waals surface area contributed by atoms with Crippen molar-refractivity contribution in [2.45, 2.75) is 121 Å². The third-order valence-corrected chi connectivity index (χ3v) is 9.17. The summed E-state index contributed by atoms with van der Waals surface area (Å²) in [6.07, 6.45) is 2.93. The Morgan fingerprint density at radius 3 is 2.47 bits per heavy atom. The Balaban J connectivity index is 1.36. The molecular formula is C32H43FN4O8. The number of nitrogens with one attached hydrogen (secondary N) is 2. The van der Waals surface area contributed by atoms with Crippen molar-refractivity contribution < 1.29 is 42.9 Å². The molecule has 0 unspecified atom stereocenters. The van der Waals surface area contributed by atoms with Gasteiger partial charge in [-0.05, 0) is 57.6 Å². The summed E-state index contributed by atoms with van der Waals surface area (Å²) in [5, 5.41) is 15.5. The Morgan fingerprint density at radius 1 is 1.07 bits per heavy atom. The molecule has 0 spiro atoms. The SMILES string of the molecule is CC(C)(C)OC(=O)N[C@H]1CCCCCCC[C@@H]2C[C@@]2(C(=O)O)NC(=O)[C@@H]2C[C@@H](OC(=O)N3Cc4cccc(F)c4C3)CN2C1=O. The van der Waals surface area contributed by atoms with E-state index < -0.39 is 65.1 Å². The normalized spacial score (nSPS) is 28.9. The summed E-state index contributed by atoms with van der Waals surface area (Å²) in [7, 11) is 0. The molecule has 3 aliphatic heterocycles. The number of carbonyl (C=O) groups excluding carboxylic acids is 4. The molecule has 0 bridgehead atoms. The molecule has 3 N–H and O–H groups in total. The van der Waals surface area contributed by atoms with Crippen LogP contribution in [0.5, 0.6) is 0 Å². The largest absolute Gasteiger partial charge is 0.479 e. The number of alkyl carbamates (subject to hydrolysis) is 1. The van der Waals surface area contributed by atoms with Crippen LogP contribution >= 0.6 is 0 Å². The van der Waals surface area contributed by atoms with Crippen LogP contribution < -0.4 is 10.6 Å². The molecule has 3 heterocycles.